The Labute approximate surface area is 150 Å². The zero-order valence-electron chi connectivity index (χ0n) is 14.3. The molecule has 0 saturated heterocycles. The van der Waals surface area contributed by atoms with Crippen molar-refractivity contribution in [1.29, 1.82) is 0 Å². The lowest BCUT2D eigenvalue weighted by atomic mass is 10.1. The van der Waals surface area contributed by atoms with Crippen molar-refractivity contribution in [2.24, 2.45) is 0 Å². The molecule has 2 aromatic heterocycles. The fourth-order valence-corrected chi connectivity index (χ4v) is 2.67. The van der Waals surface area contributed by atoms with Gasteiger partial charge in [0.15, 0.2) is 0 Å². The second kappa shape index (κ2) is 7.79. The molecule has 1 atom stereocenters. The molecule has 0 spiro atoms. The van der Waals surface area contributed by atoms with Gasteiger partial charge in [-0.2, -0.15) is 5.10 Å². The van der Waals surface area contributed by atoms with Crippen LogP contribution in [0.1, 0.15) is 29.1 Å². The summed E-state index contributed by atoms with van der Waals surface area (Å²) in [6, 6.07) is 11.7. The second-order valence-electron chi connectivity index (χ2n) is 5.86. The molecule has 0 bridgehead atoms. The van der Waals surface area contributed by atoms with Gasteiger partial charge >= 0.3 is 0 Å². The number of rotatable bonds is 6. The highest BCUT2D eigenvalue weighted by Gasteiger charge is 2.21. The molecule has 26 heavy (non-hydrogen) atoms. The van der Waals surface area contributed by atoms with Crippen molar-refractivity contribution in [3.63, 3.8) is 0 Å². The number of phenolic OH excluding ortho intramolecular Hbond substituents is 1. The third-order valence-electron chi connectivity index (χ3n) is 4.10. The number of aromatic amines is 1. The summed E-state index contributed by atoms with van der Waals surface area (Å²) in [5, 5.41) is 26.9. The number of H-pyrrole nitrogens is 1. The average molecular weight is 352 g/mol. The fourth-order valence-electron chi connectivity index (χ4n) is 2.67. The van der Waals surface area contributed by atoms with E-state index < -0.39 is 6.10 Å². The van der Waals surface area contributed by atoms with Crippen molar-refractivity contribution in [1.82, 2.24) is 20.1 Å². The summed E-state index contributed by atoms with van der Waals surface area (Å²) >= 11 is 0. The zero-order chi connectivity index (χ0) is 18.5. The molecule has 3 rings (SSSR count). The predicted octanol–water partition coefficient (Wildman–Crippen LogP) is 2.37. The molecule has 0 aliphatic carbocycles. The Hall–Kier alpha value is -3.19. The topological polar surface area (TPSA) is 102 Å². The number of carbonyl (C=O) groups excluding carboxylic acids is 1. The quantitative estimate of drug-likeness (QED) is 0.632. The van der Waals surface area contributed by atoms with Gasteiger partial charge in [0.05, 0.1) is 18.3 Å². The van der Waals surface area contributed by atoms with E-state index >= 15 is 0 Å². The molecule has 0 saturated carbocycles. The van der Waals surface area contributed by atoms with Gasteiger partial charge in [0.1, 0.15) is 11.4 Å². The first-order valence-corrected chi connectivity index (χ1v) is 8.30. The van der Waals surface area contributed by atoms with Gasteiger partial charge in [-0.1, -0.05) is 12.1 Å². The third kappa shape index (κ3) is 3.89. The monoisotopic (exact) mass is 352 g/mol. The van der Waals surface area contributed by atoms with E-state index in [0.717, 1.165) is 5.56 Å². The Balaban J connectivity index is 1.74. The van der Waals surface area contributed by atoms with Gasteiger partial charge in [-0.25, -0.2) is 0 Å². The van der Waals surface area contributed by atoms with Crippen LogP contribution in [0.3, 0.4) is 0 Å². The van der Waals surface area contributed by atoms with Crippen molar-refractivity contribution >= 4 is 5.91 Å². The largest absolute Gasteiger partial charge is 0.508 e. The summed E-state index contributed by atoms with van der Waals surface area (Å²) in [6.07, 6.45) is 2.43. The summed E-state index contributed by atoms with van der Waals surface area (Å²) in [5.74, 6) is -0.175. The molecule has 0 aliphatic rings. The maximum Gasteiger partial charge on any atom is 0.271 e. The number of phenols is 1. The van der Waals surface area contributed by atoms with Crippen LogP contribution in [-0.2, 0) is 0 Å². The highest BCUT2D eigenvalue weighted by Crippen LogP contribution is 2.21. The van der Waals surface area contributed by atoms with Crippen molar-refractivity contribution < 1.29 is 15.0 Å². The summed E-state index contributed by atoms with van der Waals surface area (Å²) in [6.45, 7) is 2.38. The van der Waals surface area contributed by atoms with Crippen LogP contribution >= 0.6 is 0 Å². The first-order chi connectivity index (χ1) is 12.6. The Morgan fingerprint density at radius 1 is 1.23 bits per heavy atom. The van der Waals surface area contributed by atoms with Gasteiger partial charge in [-0.15, -0.1) is 0 Å². The van der Waals surface area contributed by atoms with Crippen LogP contribution in [0.4, 0.5) is 0 Å². The molecular formula is C19H20N4O3. The lowest BCUT2D eigenvalue weighted by Crippen LogP contribution is -2.34. The highest BCUT2D eigenvalue weighted by molar-refractivity contribution is 5.93. The number of nitrogens with zero attached hydrogens (tertiary/aromatic N) is 3. The number of carbonyl (C=O) groups is 1. The number of likely N-dealkylation sites (N-methyl/N-ethyl adjacent to an activating group) is 1. The van der Waals surface area contributed by atoms with Crippen LogP contribution in [0.15, 0.2) is 54.9 Å². The number of aliphatic hydroxyl groups is 1. The highest BCUT2D eigenvalue weighted by atomic mass is 16.3. The first kappa shape index (κ1) is 17.6. The van der Waals surface area contributed by atoms with E-state index in [1.807, 2.05) is 19.1 Å². The second-order valence-corrected chi connectivity index (χ2v) is 5.86. The van der Waals surface area contributed by atoms with Gasteiger partial charge in [0, 0.05) is 24.5 Å². The summed E-state index contributed by atoms with van der Waals surface area (Å²) in [5.41, 5.74) is 2.42. The van der Waals surface area contributed by atoms with Gasteiger partial charge in [0.2, 0.25) is 0 Å². The Kier molecular flexibility index (Phi) is 5.28. The van der Waals surface area contributed by atoms with E-state index in [1.54, 1.807) is 30.6 Å². The lowest BCUT2D eigenvalue weighted by Gasteiger charge is -2.23. The minimum Gasteiger partial charge on any atom is -0.508 e. The molecule has 1 aromatic carbocycles. The van der Waals surface area contributed by atoms with E-state index in [-0.39, 0.29) is 18.2 Å². The maximum atomic E-state index is 12.7. The van der Waals surface area contributed by atoms with Crippen LogP contribution in [-0.4, -0.2) is 49.3 Å². The molecule has 7 heteroatoms. The average Bonchev–Trinajstić information content (AvgIpc) is 3.16. The lowest BCUT2D eigenvalue weighted by molar-refractivity contribution is 0.0629. The van der Waals surface area contributed by atoms with Gasteiger partial charge < -0.3 is 15.1 Å². The van der Waals surface area contributed by atoms with Gasteiger partial charge in [-0.3, -0.25) is 14.9 Å². The maximum absolute atomic E-state index is 12.7. The Morgan fingerprint density at radius 2 is 2.00 bits per heavy atom. The smallest absolute Gasteiger partial charge is 0.271 e. The Morgan fingerprint density at radius 3 is 2.69 bits per heavy atom. The normalized spacial score (nSPS) is 11.9. The number of aromatic hydroxyl groups is 1. The van der Waals surface area contributed by atoms with Crippen molar-refractivity contribution in [2.45, 2.75) is 13.0 Å². The van der Waals surface area contributed by atoms with E-state index in [2.05, 4.69) is 15.2 Å². The zero-order valence-corrected chi connectivity index (χ0v) is 14.3. The number of hydrogen-bond acceptors (Lipinski definition) is 5. The van der Waals surface area contributed by atoms with Gasteiger partial charge in [0.25, 0.3) is 5.91 Å². The minimum absolute atomic E-state index is 0.0754. The fraction of sp³-hybridized carbons (Fsp3) is 0.211. The first-order valence-electron chi connectivity index (χ1n) is 8.30. The molecule has 1 amide bonds. The molecular weight excluding hydrogens is 332 g/mol. The molecule has 0 aliphatic heterocycles. The molecule has 2 heterocycles. The van der Waals surface area contributed by atoms with Crippen LogP contribution in [0.5, 0.6) is 5.75 Å². The van der Waals surface area contributed by atoms with Crippen molar-refractivity contribution in [3.8, 4) is 17.0 Å². The molecule has 3 aromatic rings. The van der Waals surface area contributed by atoms with E-state index in [1.165, 1.54) is 17.0 Å². The number of nitrogens with one attached hydrogen (secondary N) is 1. The van der Waals surface area contributed by atoms with E-state index in [9.17, 15) is 15.0 Å². The van der Waals surface area contributed by atoms with E-state index in [0.29, 0.717) is 23.5 Å². The number of benzene rings is 1. The predicted molar refractivity (Wildman–Crippen MR) is 96.5 cm³/mol. The molecule has 0 radical (unpaired) electrons. The Bertz CT molecular complexity index is 879. The number of aromatic nitrogens is 3. The molecule has 134 valence electrons. The van der Waals surface area contributed by atoms with Crippen LogP contribution in [0.2, 0.25) is 0 Å². The van der Waals surface area contributed by atoms with Crippen molar-refractivity contribution in [3.05, 3.63) is 66.1 Å². The van der Waals surface area contributed by atoms with Gasteiger partial charge in [-0.05, 0) is 42.8 Å². The molecule has 0 unspecified atom stereocenters. The molecule has 3 N–H and O–H groups in total. The number of aliphatic hydroxyl groups excluding tert-OH is 1. The number of hydrogen-bond donors (Lipinski definition) is 3. The van der Waals surface area contributed by atoms with Crippen molar-refractivity contribution in [2.75, 3.05) is 13.1 Å². The van der Waals surface area contributed by atoms with Crippen LogP contribution in [0, 0.1) is 0 Å². The SMILES string of the molecule is CCN(C[C@@H](O)c1cccc(O)c1)C(=O)c1cc(-c2ccncc2)n[nH]1. The van der Waals surface area contributed by atoms with Crippen LogP contribution in [0.25, 0.3) is 11.3 Å². The van der Waals surface area contributed by atoms with Crippen LogP contribution < -0.4 is 0 Å². The third-order valence-corrected chi connectivity index (χ3v) is 4.10. The number of pyridine rings is 1. The summed E-state index contributed by atoms with van der Waals surface area (Å²) < 4.78 is 0. The minimum atomic E-state index is -0.895. The van der Waals surface area contributed by atoms with E-state index in [4.69, 9.17) is 0 Å². The molecule has 7 nitrogen and oxygen atoms in total. The number of amides is 1. The summed E-state index contributed by atoms with van der Waals surface area (Å²) in [7, 11) is 0. The standard InChI is InChI=1S/C19H20N4O3/c1-2-23(12-18(25)14-4-3-5-15(24)10-14)19(26)17-11-16(21-22-17)13-6-8-20-9-7-13/h3-11,18,24-25H,2,12H2,1H3,(H,21,22)/t18-/m1/s1. The molecule has 0 fully saturated rings. The summed E-state index contributed by atoms with van der Waals surface area (Å²) in [4.78, 5) is 18.2.